The molecule has 0 aliphatic rings. The van der Waals surface area contributed by atoms with Crippen LogP contribution >= 0.6 is 0 Å². The second-order valence-corrected chi connectivity index (χ2v) is 7.46. The number of rotatable bonds is 8. The van der Waals surface area contributed by atoms with Gasteiger partial charge >= 0.3 is 0 Å². The number of nitrogens with zero attached hydrogens (tertiary/aromatic N) is 1. The SMILES string of the molecule is CCN(CC)S(=O)(=O)c1ccc(NC(=O)CNc2cccc(F)c2)cc1. The molecule has 2 N–H and O–H groups in total. The Kier molecular flexibility index (Phi) is 6.70. The Bertz CT molecular complexity index is 850. The average Bonchev–Trinajstić information content (AvgIpc) is 2.61. The number of amides is 1. The van der Waals surface area contributed by atoms with Crippen LogP contribution in [0, 0.1) is 5.82 Å². The lowest BCUT2D eigenvalue weighted by atomic mass is 10.3. The zero-order valence-corrected chi connectivity index (χ0v) is 15.5. The van der Waals surface area contributed by atoms with Crippen LogP contribution < -0.4 is 10.6 Å². The zero-order chi connectivity index (χ0) is 19.2. The van der Waals surface area contributed by atoms with Gasteiger partial charge in [-0.3, -0.25) is 4.79 Å². The van der Waals surface area contributed by atoms with Gasteiger partial charge in [-0.25, -0.2) is 12.8 Å². The summed E-state index contributed by atoms with van der Waals surface area (Å²) in [4.78, 5) is 12.1. The molecule has 0 heterocycles. The van der Waals surface area contributed by atoms with Gasteiger partial charge in [0.1, 0.15) is 5.82 Å². The molecular formula is C18H22FN3O3S. The molecule has 0 unspecified atom stereocenters. The van der Waals surface area contributed by atoms with Gasteiger partial charge in [0.05, 0.1) is 11.4 Å². The van der Waals surface area contributed by atoms with Gasteiger partial charge in [-0.1, -0.05) is 19.9 Å². The third-order valence-corrected chi connectivity index (χ3v) is 5.82. The predicted molar refractivity (Wildman–Crippen MR) is 100 cm³/mol. The van der Waals surface area contributed by atoms with E-state index in [4.69, 9.17) is 0 Å². The van der Waals surface area contributed by atoms with Gasteiger partial charge in [-0.2, -0.15) is 4.31 Å². The number of halogens is 1. The van der Waals surface area contributed by atoms with Crippen LogP contribution in [0.5, 0.6) is 0 Å². The summed E-state index contributed by atoms with van der Waals surface area (Å²) < 4.78 is 39.3. The van der Waals surface area contributed by atoms with Crippen LogP contribution in [0.25, 0.3) is 0 Å². The molecule has 0 aliphatic carbocycles. The largest absolute Gasteiger partial charge is 0.376 e. The fraction of sp³-hybridized carbons (Fsp3) is 0.278. The number of hydrogen-bond donors (Lipinski definition) is 2. The first-order valence-corrected chi connectivity index (χ1v) is 9.70. The monoisotopic (exact) mass is 379 g/mol. The molecule has 2 aromatic carbocycles. The molecule has 0 aromatic heterocycles. The molecule has 6 nitrogen and oxygen atoms in total. The molecule has 2 aromatic rings. The van der Waals surface area contributed by atoms with Crippen molar-refractivity contribution in [3.05, 3.63) is 54.3 Å². The van der Waals surface area contributed by atoms with Crippen LogP contribution in [0.4, 0.5) is 15.8 Å². The van der Waals surface area contributed by atoms with Crippen LogP contribution in [0.3, 0.4) is 0 Å². The Morgan fingerprint density at radius 3 is 2.27 bits per heavy atom. The van der Waals surface area contributed by atoms with E-state index in [9.17, 15) is 17.6 Å². The maximum Gasteiger partial charge on any atom is 0.243 e. The summed E-state index contributed by atoms with van der Waals surface area (Å²) in [5.74, 6) is -0.714. The minimum absolute atomic E-state index is 0.0387. The average molecular weight is 379 g/mol. The highest BCUT2D eigenvalue weighted by molar-refractivity contribution is 7.89. The maximum atomic E-state index is 13.1. The van der Waals surface area contributed by atoms with Gasteiger partial charge < -0.3 is 10.6 Å². The van der Waals surface area contributed by atoms with Crippen molar-refractivity contribution in [1.82, 2.24) is 4.31 Å². The van der Waals surface area contributed by atoms with E-state index < -0.39 is 10.0 Å². The molecule has 0 saturated carbocycles. The molecule has 8 heteroatoms. The van der Waals surface area contributed by atoms with Gasteiger partial charge in [-0.05, 0) is 42.5 Å². The van der Waals surface area contributed by atoms with Gasteiger partial charge in [0.2, 0.25) is 15.9 Å². The summed E-state index contributed by atoms with van der Waals surface area (Å²) in [6.45, 7) is 4.30. The summed E-state index contributed by atoms with van der Waals surface area (Å²) in [5, 5.41) is 5.48. The Labute approximate surface area is 153 Å². The van der Waals surface area contributed by atoms with E-state index in [-0.39, 0.29) is 23.2 Å². The second kappa shape index (κ2) is 8.77. The van der Waals surface area contributed by atoms with Crippen LogP contribution in [0.15, 0.2) is 53.4 Å². The number of carbonyl (C=O) groups is 1. The minimum atomic E-state index is -3.52. The van der Waals surface area contributed by atoms with Crippen molar-refractivity contribution in [2.45, 2.75) is 18.7 Å². The molecule has 26 heavy (non-hydrogen) atoms. The second-order valence-electron chi connectivity index (χ2n) is 5.53. The quantitative estimate of drug-likeness (QED) is 0.739. The van der Waals surface area contributed by atoms with Crippen LogP contribution in [-0.4, -0.2) is 38.3 Å². The number of nitrogens with one attached hydrogen (secondary N) is 2. The summed E-state index contributed by atoms with van der Waals surface area (Å²) in [7, 11) is -3.52. The standard InChI is InChI=1S/C18H22FN3O3S/c1-3-22(4-2)26(24,25)17-10-8-15(9-11-17)21-18(23)13-20-16-7-5-6-14(19)12-16/h5-12,20H,3-4,13H2,1-2H3,(H,21,23). The van der Waals surface area contributed by atoms with Crippen molar-refractivity contribution in [1.29, 1.82) is 0 Å². The first-order chi connectivity index (χ1) is 12.4. The topological polar surface area (TPSA) is 78.5 Å². The van der Waals surface area contributed by atoms with E-state index in [0.717, 1.165) is 0 Å². The van der Waals surface area contributed by atoms with E-state index in [1.807, 2.05) is 0 Å². The van der Waals surface area contributed by atoms with Gasteiger partial charge in [0.15, 0.2) is 0 Å². The summed E-state index contributed by atoms with van der Waals surface area (Å²) in [6, 6.07) is 11.8. The highest BCUT2D eigenvalue weighted by atomic mass is 32.2. The Morgan fingerprint density at radius 2 is 1.69 bits per heavy atom. The lowest BCUT2D eigenvalue weighted by Crippen LogP contribution is -2.30. The van der Waals surface area contributed by atoms with Gasteiger partial charge in [-0.15, -0.1) is 0 Å². The Hall–Kier alpha value is -2.45. The zero-order valence-electron chi connectivity index (χ0n) is 14.7. The third kappa shape index (κ3) is 5.03. The van der Waals surface area contributed by atoms with E-state index >= 15 is 0 Å². The highest BCUT2D eigenvalue weighted by Gasteiger charge is 2.21. The number of anilines is 2. The highest BCUT2D eigenvalue weighted by Crippen LogP contribution is 2.18. The summed E-state index contributed by atoms with van der Waals surface area (Å²) in [5.41, 5.74) is 0.982. The number of carbonyl (C=O) groups excluding carboxylic acids is 1. The molecular weight excluding hydrogens is 357 g/mol. The van der Waals surface area contributed by atoms with Crippen molar-refractivity contribution in [3.8, 4) is 0 Å². The first kappa shape index (κ1) is 19.9. The normalized spacial score (nSPS) is 11.4. The molecule has 0 bridgehead atoms. The molecule has 0 aliphatic heterocycles. The summed E-state index contributed by atoms with van der Waals surface area (Å²) >= 11 is 0. The molecule has 1 amide bonds. The first-order valence-electron chi connectivity index (χ1n) is 8.26. The van der Waals surface area contributed by atoms with E-state index in [0.29, 0.717) is 24.5 Å². The molecule has 2 rings (SSSR count). The van der Waals surface area contributed by atoms with E-state index in [1.165, 1.54) is 40.7 Å². The van der Waals surface area contributed by atoms with Crippen LogP contribution in [0.2, 0.25) is 0 Å². The molecule has 0 radical (unpaired) electrons. The molecule has 0 fully saturated rings. The number of hydrogen-bond acceptors (Lipinski definition) is 4. The molecule has 140 valence electrons. The number of benzene rings is 2. The van der Waals surface area contributed by atoms with E-state index in [2.05, 4.69) is 10.6 Å². The van der Waals surface area contributed by atoms with E-state index in [1.54, 1.807) is 26.0 Å². The van der Waals surface area contributed by atoms with Crippen molar-refractivity contribution < 1.29 is 17.6 Å². The third-order valence-electron chi connectivity index (χ3n) is 3.76. The number of sulfonamides is 1. The van der Waals surface area contributed by atoms with Gasteiger partial charge in [0, 0.05) is 24.5 Å². The van der Waals surface area contributed by atoms with Gasteiger partial charge in [0.25, 0.3) is 0 Å². The van der Waals surface area contributed by atoms with Crippen LogP contribution in [-0.2, 0) is 14.8 Å². The van der Waals surface area contributed by atoms with Crippen molar-refractivity contribution >= 4 is 27.3 Å². The summed E-state index contributed by atoms with van der Waals surface area (Å²) in [6.07, 6.45) is 0. The fourth-order valence-corrected chi connectivity index (χ4v) is 3.87. The lowest BCUT2D eigenvalue weighted by molar-refractivity contribution is -0.114. The Morgan fingerprint density at radius 1 is 1.04 bits per heavy atom. The Balaban J connectivity index is 1.97. The van der Waals surface area contributed by atoms with Crippen LogP contribution in [0.1, 0.15) is 13.8 Å². The molecule has 0 atom stereocenters. The smallest absolute Gasteiger partial charge is 0.243 e. The van der Waals surface area contributed by atoms with Crippen molar-refractivity contribution in [2.75, 3.05) is 30.3 Å². The fourth-order valence-electron chi connectivity index (χ4n) is 2.41. The minimum Gasteiger partial charge on any atom is -0.376 e. The molecule has 0 spiro atoms. The molecule has 0 saturated heterocycles. The lowest BCUT2D eigenvalue weighted by Gasteiger charge is -2.18. The maximum absolute atomic E-state index is 13.1. The van der Waals surface area contributed by atoms with Crippen molar-refractivity contribution in [3.63, 3.8) is 0 Å². The van der Waals surface area contributed by atoms with Crippen molar-refractivity contribution in [2.24, 2.45) is 0 Å². The predicted octanol–water partition coefficient (Wildman–Crippen LogP) is 2.91.